The predicted molar refractivity (Wildman–Crippen MR) is 61.4 cm³/mol. The van der Waals surface area contributed by atoms with Crippen LogP contribution in [-0.2, 0) is 16.6 Å². The highest BCUT2D eigenvalue weighted by atomic mass is 32.2. The number of H-pyrrole nitrogens is 1. The van der Waals surface area contributed by atoms with Gasteiger partial charge in [-0.1, -0.05) is 20.8 Å². The lowest BCUT2D eigenvalue weighted by atomic mass is 10.3. The van der Waals surface area contributed by atoms with Crippen molar-refractivity contribution in [1.29, 1.82) is 0 Å². The number of nitrogens with zero attached hydrogens (tertiary/aromatic N) is 1. The summed E-state index contributed by atoms with van der Waals surface area (Å²) in [6, 6.07) is 0.296. The quantitative estimate of drug-likeness (QED) is 0.669. The molecule has 0 fully saturated rings. The van der Waals surface area contributed by atoms with Gasteiger partial charge in [0.2, 0.25) is 0 Å². The molecule has 0 spiro atoms. The number of sulfonamides is 1. The fraction of sp³-hybridized carbons (Fsp3) is 0.667. The van der Waals surface area contributed by atoms with Gasteiger partial charge in [0.05, 0.1) is 6.20 Å². The van der Waals surface area contributed by atoms with E-state index in [2.05, 4.69) is 20.2 Å². The fourth-order valence-corrected chi connectivity index (χ4v) is 2.40. The molecule has 0 aliphatic heterocycles. The van der Waals surface area contributed by atoms with Gasteiger partial charge < -0.3 is 5.32 Å². The zero-order valence-electron chi connectivity index (χ0n) is 9.74. The highest BCUT2D eigenvalue weighted by molar-refractivity contribution is 7.89. The summed E-state index contributed by atoms with van der Waals surface area (Å²) in [5.41, 5.74) is 0.648. The largest absolute Gasteiger partial charge is 0.310 e. The van der Waals surface area contributed by atoms with E-state index in [9.17, 15) is 8.42 Å². The molecule has 0 aliphatic carbocycles. The van der Waals surface area contributed by atoms with Crippen LogP contribution in [0.15, 0.2) is 11.2 Å². The van der Waals surface area contributed by atoms with Crippen molar-refractivity contribution < 1.29 is 8.42 Å². The Kier molecular flexibility index (Phi) is 4.45. The Morgan fingerprint density at radius 1 is 1.50 bits per heavy atom. The molecular weight excluding hydrogens is 228 g/mol. The van der Waals surface area contributed by atoms with Gasteiger partial charge in [0.25, 0.3) is 10.0 Å². The van der Waals surface area contributed by atoms with Crippen molar-refractivity contribution >= 4 is 10.0 Å². The minimum Gasteiger partial charge on any atom is -0.310 e. The molecule has 0 atom stereocenters. The van der Waals surface area contributed by atoms with Crippen LogP contribution in [0.25, 0.3) is 0 Å². The van der Waals surface area contributed by atoms with Gasteiger partial charge in [0.1, 0.15) is 0 Å². The third kappa shape index (κ3) is 3.29. The molecule has 92 valence electrons. The molecule has 0 unspecified atom stereocenters. The average Bonchev–Trinajstić information content (AvgIpc) is 2.62. The zero-order chi connectivity index (χ0) is 12.2. The van der Waals surface area contributed by atoms with E-state index < -0.39 is 10.0 Å². The Morgan fingerprint density at radius 2 is 2.19 bits per heavy atom. The predicted octanol–water partition coefficient (Wildman–Crippen LogP) is 0.206. The molecular formula is C9H18N4O2S. The van der Waals surface area contributed by atoms with Gasteiger partial charge in [-0.2, -0.15) is 5.10 Å². The fourth-order valence-electron chi connectivity index (χ4n) is 1.23. The maximum absolute atomic E-state index is 11.7. The van der Waals surface area contributed by atoms with Crippen molar-refractivity contribution in [1.82, 2.24) is 20.2 Å². The number of hydrogen-bond donors (Lipinski definition) is 3. The molecule has 0 radical (unpaired) electrons. The second-order valence-corrected chi connectivity index (χ2v) is 5.47. The number of hydrogen-bond acceptors (Lipinski definition) is 4. The van der Waals surface area contributed by atoms with Crippen LogP contribution in [0.5, 0.6) is 0 Å². The summed E-state index contributed by atoms with van der Waals surface area (Å²) >= 11 is 0. The Morgan fingerprint density at radius 3 is 2.75 bits per heavy atom. The van der Waals surface area contributed by atoms with E-state index in [1.54, 1.807) is 6.92 Å². The molecule has 1 rings (SSSR count). The van der Waals surface area contributed by atoms with Crippen LogP contribution < -0.4 is 10.0 Å². The highest BCUT2D eigenvalue weighted by Crippen LogP contribution is 2.11. The molecule has 1 aromatic heterocycles. The van der Waals surface area contributed by atoms with E-state index in [-0.39, 0.29) is 5.03 Å². The number of rotatable bonds is 6. The van der Waals surface area contributed by atoms with E-state index in [0.717, 1.165) is 0 Å². The van der Waals surface area contributed by atoms with Crippen molar-refractivity contribution in [3.63, 3.8) is 0 Å². The summed E-state index contributed by atoms with van der Waals surface area (Å²) in [6.07, 6.45) is 1.53. The monoisotopic (exact) mass is 246 g/mol. The minimum atomic E-state index is -3.45. The molecule has 0 saturated carbocycles. The topological polar surface area (TPSA) is 86.9 Å². The third-order valence-electron chi connectivity index (χ3n) is 1.98. The van der Waals surface area contributed by atoms with E-state index in [4.69, 9.17) is 0 Å². The highest BCUT2D eigenvalue weighted by Gasteiger charge is 2.19. The van der Waals surface area contributed by atoms with Gasteiger partial charge in [0, 0.05) is 24.7 Å². The normalized spacial score (nSPS) is 12.2. The van der Waals surface area contributed by atoms with Gasteiger partial charge >= 0.3 is 0 Å². The van der Waals surface area contributed by atoms with Gasteiger partial charge in [-0.3, -0.25) is 5.10 Å². The lowest BCUT2D eigenvalue weighted by Crippen LogP contribution is -2.27. The number of aromatic nitrogens is 2. The lowest BCUT2D eigenvalue weighted by molar-refractivity contribution is 0.566. The van der Waals surface area contributed by atoms with Crippen molar-refractivity contribution in [2.45, 2.75) is 38.4 Å². The Bertz CT molecular complexity index is 424. The third-order valence-corrected chi connectivity index (χ3v) is 3.54. The first-order valence-electron chi connectivity index (χ1n) is 5.22. The first-order valence-corrected chi connectivity index (χ1v) is 6.71. The van der Waals surface area contributed by atoms with Crippen LogP contribution in [-0.4, -0.2) is 31.2 Å². The Labute approximate surface area is 95.9 Å². The second-order valence-electron chi connectivity index (χ2n) is 3.76. The van der Waals surface area contributed by atoms with Gasteiger partial charge in [-0.15, -0.1) is 0 Å². The maximum Gasteiger partial charge on any atom is 0.257 e. The summed E-state index contributed by atoms with van der Waals surface area (Å²) in [6.45, 7) is 6.57. The van der Waals surface area contributed by atoms with Gasteiger partial charge in [-0.05, 0) is 0 Å². The molecule has 1 aromatic rings. The molecule has 16 heavy (non-hydrogen) atoms. The minimum absolute atomic E-state index is 0.141. The van der Waals surface area contributed by atoms with Crippen molar-refractivity contribution in [3.8, 4) is 0 Å². The molecule has 0 aromatic carbocycles. The van der Waals surface area contributed by atoms with Gasteiger partial charge in [-0.25, -0.2) is 13.1 Å². The summed E-state index contributed by atoms with van der Waals surface area (Å²) < 4.78 is 25.9. The van der Waals surface area contributed by atoms with E-state index >= 15 is 0 Å². The standard InChI is InChI=1S/C9H18N4O2S/c1-4-12-16(14,15)9-8(6-11-13-9)5-10-7(2)3/h6-7,10,12H,4-5H2,1-3H3,(H,11,13). The maximum atomic E-state index is 11.7. The van der Waals surface area contributed by atoms with Crippen LogP contribution >= 0.6 is 0 Å². The van der Waals surface area contributed by atoms with E-state index in [0.29, 0.717) is 24.7 Å². The molecule has 3 N–H and O–H groups in total. The smallest absolute Gasteiger partial charge is 0.257 e. The second kappa shape index (κ2) is 5.42. The van der Waals surface area contributed by atoms with Crippen LogP contribution in [0.2, 0.25) is 0 Å². The molecule has 0 bridgehead atoms. The molecule has 6 nitrogen and oxygen atoms in total. The summed E-state index contributed by atoms with van der Waals surface area (Å²) in [5.74, 6) is 0. The van der Waals surface area contributed by atoms with Crippen LogP contribution in [0, 0.1) is 0 Å². The molecule has 7 heteroatoms. The summed E-state index contributed by atoms with van der Waals surface area (Å²) in [7, 11) is -3.45. The van der Waals surface area contributed by atoms with Crippen LogP contribution in [0.4, 0.5) is 0 Å². The van der Waals surface area contributed by atoms with E-state index in [1.165, 1.54) is 6.20 Å². The lowest BCUT2D eigenvalue weighted by Gasteiger charge is -2.08. The average molecular weight is 246 g/mol. The summed E-state index contributed by atoms with van der Waals surface area (Å²) in [4.78, 5) is 0. The Hall–Kier alpha value is -0.920. The van der Waals surface area contributed by atoms with Crippen molar-refractivity contribution in [2.24, 2.45) is 0 Å². The Balaban J connectivity index is 2.86. The van der Waals surface area contributed by atoms with Crippen molar-refractivity contribution in [3.05, 3.63) is 11.8 Å². The first kappa shape index (κ1) is 13.1. The molecule has 0 aliphatic rings. The van der Waals surface area contributed by atoms with Crippen LogP contribution in [0.3, 0.4) is 0 Å². The summed E-state index contributed by atoms with van der Waals surface area (Å²) in [5, 5.41) is 9.57. The SMILES string of the molecule is CCNS(=O)(=O)c1[nH]ncc1CNC(C)C. The van der Waals surface area contributed by atoms with E-state index in [1.807, 2.05) is 13.8 Å². The van der Waals surface area contributed by atoms with Crippen LogP contribution in [0.1, 0.15) is 26.3 Å². The van der Waals surface area contributed by atoms with Gasteiger partial charge in [0.15, 0.2) is 5.03 Å². The van der Waals surface area contributed by atoms with Crippen molar-refractivity contribution in [2.75, 3.05) is 6.54 Å². The first-order chi connectivity index (χ1) is 7.47. The number of aromatic amines is 1. The molecule has 0 amide bonds. The molecule has 1 heterocycles. The zero-order valence-corrected chi connectivity index (χ0v) is 10.6. The molecule has 0 saturated heterocycles. The number of nitrogens with one attached hydrogen (secondary N) is 3.